The Balaban J connectivity index is 2.06. The lowest BCUT2D eigenvalue weighted by Gasteiger charge is -2.39. The Labute approximate surface area is 119 Å². The van der Waals surface area contributed by atoms with Crippen molar-refractivity contribution in [1.29, 1.82) is 0 Å². The van der Waals surface area contributed by atoms with Crippen molar-refractivity contribution in [1.82, 2.24) is 10.2 Å². The van der Waals surface area contributed by atoms with E-state index in [4.69, 9.17) is 0 Å². The first-order chi connectivity index (χ1) is 9.28. The van der Waals surface area contributed by atoms with Gasteiger partial charge < -0.3 is 10.2 Å². The van der Waals surface area contributed by atoms with Crippen molar-refractivity contribution >= 4 is 21.7 Å². The summed E-state index contributed by atoms with van der Waals surface area (Å²) in [6.45, 7) is 4.06. The van der Waals surface area contributed by atoms with Gasteiger partial charge in [-0.15, -0.1) is 0 Å². The molecule has 0 saturated carbocycles. The molecule has 2 rings (SSSR count). The number of carbonyl (C=O) groups excluding carboxylic acids is 2. The zero-order chi connectivity index (χ0) is 14.9. The molecule has 0 bridgehead atoms. The third-order valence-corrected chi connectivity index (χ3v) is 5.62. The Morgan fingerprint density at radius 3 is 2.40 bits per heavy atom. The summed E-state index contributed by atoms with van der Waals surface area (Å²) >= 11 is 0. The highest BCUT2D eigenvalue weighted by atomic mass is 32.2. The number of nitrogens with one attached hydrogen (secondary N) is 1. The van der Waals surface area contributed by atoms with Crippen LogP contribution < -0.4 is 5.32 Å². The van der Waals surface area contributed by atoms with E-state index < -0.39 is 15.9 Å². The van der Waals surface area contributed by atoms with Gasteiger partial charge in [-0.05, 0) is 25.2 Å². The van der Waals surface area contributed by atoms with Crippen molar-refractivity contribution in [3.63, 3.8) is 0 Å². The predicted octanol–water partition coefficient (Wildman–Crippen LogP) is -0.0633. The van der Waals surface area contributed by atoms with Crippen molar-refractivity contribution in [3.8, 4) is 0 Å². The molecule has 1 unspecified atom stereocenters. The summed E-state index contributed by atoms with van der Waals surface area (Å²) in [5, 5.41) is 2.73. The fourth-order valence-corrected chi connectivity index (χ4v) is 4.33. The van der Waals surface area contributed by atoms with Crippen molar-refractivity contribution in [2.45, 2.75) is 45.2 Å². The van der Waals surface area contributed by atoms with Gasteiger partial charge in [0.2, 0.25) is 11.8 Å². The summed E-state index contributed by atoms with van der Waals surface area (Å²) in [6.07, 6.45) is 1.50. The maximum atomic E-state index is 12.4. The van der Waals surface area contributed by atoms with Crippen molar-refractivity contribution < 1.29 is 18.0 Å². The summed E-state index contributed by atoms with van der Waals surface area (Å²) in [6, 6.07) is -0.582. The van der Waals surface area contributed by atoms with E-state index >= 15 is 0 Å². The Morgan fingerprint density at radius 2 is 1.85 bits per heavy atom. The second-order valence-corrected chi connectivity index (χ2v) is 8.40. The Morgan fingerprint density at radius 1 is 1.25 bits per heavy atom. The van der Waals surface area contributed by atoms with Crippen LogP contribution in [0.15, 0.2) is 0 Å². The minimum atomic E-state index is -2.96. The number of carbonyl (C=O) groups is 2. The third-order valence-electron chi connectivity index (χ3n) is 3.90. The minimum Gasteiger partial charge on any atom is -0.343 e. The smallest absolute Gasteiger partial charge is 0.245 e. The van der Waals surface area contributed by atoms with E-state index in [0.717, 1.165) is 0 Å². The molecule has 114 valence electrons. The molecule has 0 spiro atoms. The zero-order valence-corrected chi connectivity index (χ0v) is 12.8. The summed E-state index contributed by atoms with van der Waals surface area (Å²) in [5.41, 5.74) is 0. The van der Waals surface area contributed by atoms with Gasteiger partial charge >= 0.3 is 0 Å². The Hall–Kier alpha value is -1.11. The zero-order valence-electron chi connectivity index (χ0n) is 12.0. The third kappa shape index (κ3) is 3.50. The Bertz CT molecular complexity index is 487. The molecule has 0 aromatic carbocycles. The summed E-state index contributed by atoms with van der Waals surface area (Å²) < 4.78 is 22.9. The van der Waals surface area contributed by atoms with Gasteiger partial charge in [-0.25, -0.2) is 8.42 Å². The van der Waals surface area contributed by atoms with Gasteiger partial charge in [0.25, 0.3) is 0 Å². The minimum absolute atomic E-state index is 0.0537. The van der Waals surface area contributed by atoms with Crippen LogP contribution in [-0.4, -0.2) is 55.3 Å². The lowest BCUT2D eigenvalue weighted by Crippen LogP contribution is -2.61. The molecule has 1 N–H and O–H groups in total. The van der Waals surface area contributed by atoms with Crippen molar-refractivity contribution in [3.05, 3.63) is 0 Å². The van der Waals surface area contributed by atoms with E-state index in [9.17, 15) is 18.0 Å². The first kappa shape index (κ1) is 15.3. The van der Waals surface area contributed by atoms with Crippen LogP contribution in [0.5, 0.6) is 0 Å². The van der Waals surface area contributed by atoms with E-state index in [-0.39, 0.29) is 35.9 Å². The molecule has 2 heterocycles. The van der Waals surface area contributed by atoms with Crippen molar-refractivity contribution in [2.75, 3.05) is 18.1 Å². The van der Waals surface area contributed by atoms with E-state index in [1.54, 1.807) is 4.90 Å². The molecule has 7 heteroatoms. The molecule has 0 aromatic rings. The van der Waals surface area contributed by atoms with E-state index in [0.29, 0.717) is 25.2 Å². The molecule has 6 nitrogen and oxygen atoms in total. The molecular formula is C13H22N2O4S. The highest BCUT2D eigenvalue weighted by Crippen LogP contribution is 2.22. The van der Waals surface area contributed by atoms with E-state index in [1.165, 1.54) is 0 Å². The van der Waals surface area contributed by atoms with Gasteiger partial charge in [0.1, 0.15) is 15.9 Å². The van der Waals surface area contributed by atoms with Crippen LogP contribution in [0.1, 0.15) is 33.1 Å². The van der Waals surface area contributed by atoms with Crippen molar-refractivity contribution in [2.24, 2.45) is 5.92 Å². The molecule has 0 radical (unpaired) electrons. The average Bonchev–Trinajstić information content (AvgIpc) is 2.33. The van der Waals surface area contributed by atoms with E-state index in [2.05, 4.69) is 5.32 Å². The number of piperazine rings is 1. The summed E-state index contributed by atoms with van der Waals surface area (Å²) in [5.74, 6) is 0.317. The maximum Gasteiger partial charge on any atom is 0.245 e. The fraction of sp³-hybridized carbons (Fsp3) is 0.846. The molecule has 1 atom stereocenters. The number of amides is 2. The average molecular weight is 302 g/mol. The van der Waals surface area contributed by atoms with Gasteiger partial charge in [0.15, 0.2) is 0 Å². The van der Waals surface area contributed by atoms with E-state index in [1.807, 2.05) is 13.8 Å². The second-order valence-electron chi connectivity index (χ2n) is 6.10. The molecule has 0 aliphatic carbocycles. The molecule has 2 aliphatic rings. The molecular weight excluding hydrogens is 280 g/mol. The topological polar surface area (TPSA) is 83.6 Å². The van der Waals surface area contributed by atoms with Gasteiger partial charge in [-0.2, -0.15) is 0 Å². The van der Waals surface area contributed by atoms with Crippen LogP contribution in [0, 0.1) is 5.92 Å². The molecule has 20 heavy (non-hydrogen) atoms. The SMILES string of the molecule is CC(C)CC1NC(=O)CN(C2CCS(=O)(=O)CC2)C1=O. The summed E-state index contributed by atoms with van der Waals surface area (Å²) in [7, 11) is -2.96. The molecule has 2 aliphatic heterocycles. The molecule has 2 saturated heterocycles. The van der Waals surface area contributed by atoms with Gasteiger partial charge in [0, 0.05) is 6.04 Å². The van der Waals surface area contributed by atoms with Crippen LogP contribution in [-0.2, 0) is 19.4 Å². The number of sulfone groups is 1. The summed E-state index contributed by atoms with van der Waals surface area (Å²) in [4.78, 5) is 25.8. The quantitative estimate of drug-likeness (QED) is 0.791. The number of rotatable bonds is 3. The monoisotopic (exact) mass is 302 g/mol. The Kier molecular flexibility index (Phi) is 4.36. The molecule has 0 aromatic heterocycles. The standard InChI is InChI=1S/C13H22N2O4S/c1-9(2)7-11-13(17)15(8-12(16)14-11)10-3-5-20(18,19)6-4-10/h9-11H,3-8H2,1-2H3,(H,14,16). The first-order valence-electron chi connectivity index (χ1n) is 7.09. The number of hydrogen-bond donors (Lipinski definition) is 1. The number of nitrogens with zero attached hydrogens (tertiary/aromatic N) is 1. The largest absolute Gasteiger partial charge is 0.343 e. The maximum absolute atomic E-state index is 12.4. The lowest BCUT2D eigenvalue weighted by molar-refractivity contribution is -0.147. The van der Waals surface area contributed by atoms with Crippen LogP contribution in [0.25, 0.3) is 0 Å². The molecule has 2 amide bonds. The van der Waals surface area contributed by atoms with Crippen LogP contribution in [0.4, 0.5) is 0 Å². The van der Waals surface area contributed by atoms with Crippen LogP contribution >= 0.6 is 0 Å². The van der Waals surface area contributed by atoms with Gasteiger partial charge in [-0.3, -0.25) is 9.59 Å². The van der Waals surface area contributed by atoms with Crippen LogP contribution in [0.3, 0.4) is 0 Å². The van der Waals surface area contributed by atoms with Gasteiger partial charge in [-0.1, -0.05) is 13.8 Å². The number of hydrogen-bond acceptors (Lipinski definition) is 4. The van der Waals surface area contributed by atoms with Crippen LogP contribution in [0.2, 0.25) is 0 Å². The predicted molar refractivity (Wildman–Crippen MR) is 74.8 cm³/mol. The normalized spacial score (nSPS) is 27.8. The second kappa shape index (κ2) is 5.71. The van der Waals surface area contributed by atoms with Gasteiger partial charge in [0.05, 0.1) is 18.1 Å². The molecule has 2 fully saturated rings. The first-order valence-corrected chi connectivity index (χ1v) is 8.91. The highest BCUT2D eigenvalue weighted by molar-refractivity contribution is 7.91. The lowest BCUT2D eigenvalue weighted by atomic mass is 9.99. The fourth-order valence-electron chi connectivity index (χ4n) is 2.86. The highest BCUT2D eigenvalue weighted by Gasteiger charge is 2.38.